The standard InChI is InChI=1S/C36H65N5O6Si3/c1-34(2,3)48(10,11)44-21-26-29(46-49(12,13)35(4,5)6)30(47-50(14,15)36(7,8)9)33(45-26)41-23-39-28-27(37-22-38-31(28)41)24-20-25(24)32(42)40-16-18-43-19-17-40/h22-26,29-30,33H,16-21H2,1-15H3/t24-,25-,26+,29+,30+,33+/m0/s1. The third-order valence-corrected chi connectivity index (χ3v) is 26.1. The Morgan fingerprint density at radius 1 is 0.820 bits per heavy atom. The molecule has 282 valence electrons. The number of hydrogen-bond donors (Lipinski definition) is 0. The molecule has 5 rings (SSSR count). The van der Waals surface area contributed by atoms with Crippen molar-refractivity contribution in [3.8, 4) is 0 Å². The molecule has 0 spiro atoms. The molecule has 3 fully saturated rings. The highest BCUT2D eigenvalue weighted by atomic mass is 28.4. The number of carbonyl (C=O) groups excluding carboxylic acids is 1. The normalized spacial score (nSPS) is 27.3. The van der Waals surface area contributed by atoms with Gasteiger partial charge >= 0.3 is 0 Å². The van der Waals surface area contributed by atoms with Crippen LogP contribution in [0.15, 0.2) is 12.7 Å². The summed E-state index contributed by atoms with van der Waals surface area (Å²) >= 11 is 0. The van der Waals surface area contributed by atoms with Crippen LogP contribution in [0.2, 0.25) is 54.4 Å². The maximum atomic E-state index is 13.4. The van der Waals surface area contributed by atoms with Crippen LogP contribution in [0.25, 0.3) is 11.2 Å². The van der Waals surface area contributed by atoms with Gasteiger partial charge in [0, 0.05) is 24.9 Å². The summed E-state index contributed by atoms with van der Waals surface area (Å²) in [5.74, 6) is 0.109. The third kappa shape index (κ3) is 7.87. The molecule has 0 aromatic carbocycles. The Morgan fingerprint density at radius 3 is 1.94 bits per heavy atom. The summed E-state index contributed by atoms with van der Waals surface area (Å²) in [5.41, 5.74) is 2.23. The summed E-state index contributed by atoms with van der Waals surface area (Å²) in [6, 6.07) is 0. The predicted molar refractivity (Wildman–Crippen MR) is 205 cm³/mol. The molecule has 2 aromatic rings. The highest BCUT2D eigenvalue weighted by Gasteiger charge is 2.55. The van der Waals surface area contributed by atoms with E-state index in [0.29, 0.717) is 44.1 Å². The van der Waals surface area contributed by atoms with E-state index in [4.69, 9.17) is 37.7 Å². The minimum absolute atomic E-state index is 0.0132. The molecule has 6 atom stereocenters. The van der Waals surface area contributed by atoms with Gasteiger partial charge in [0.15, 0.2) is 36.8 Å². The molecule has 2 aromatic heterocycles. The Kier molecular flexibility index (Phi) is 10.9. The van der Waals surface area contributed by atoms with Crippen LogP contribution in [0.4, 0.5) is 0 Å². The van der Waals surface area contributed by atoms with E-state index in [1.807, 2.05) is 15.8 Å². The first-order valence-corrected chi connectivity index (χ1v) is 27.3. The lowest BCUT2D eigenvalue weighted by Crippen LogP contribution is -2.54. The molecule has 2 aliphatic heterocycles. The maximum absolute atomic E-state index is 13.4. The Bertz CT molecular complexity index is 1520. The van der Waals surface area contributed by atoms with Crippen LogP contribution in [-0.4, -0.2) is 107 Å². The summed E-state index contributed by atoms with van der Waals surface area (Å²) in [6.45, 7) is 37.0. The first kappa shape index (κ1) is 39.7. The van der Waals surface area contributed by atoms with Crippen molar-refractivity contribution in [1.82, 2.24) is 24.4 Å². The fourth-order valence-electron chi connectivity index (χ4n) is 5.99. The average Bonchev–Trinajstić information content (AvgIpc) is 3.57. The van der Waals surface area contributed by atoms with Gasteiger partial charge in [0.25, 0.3) is 0 Å². The second kappa shape index (κ2) is 13.7. The number of carbonyl (C=O) groups is 1. The molecule has 1 aliphatic carbocycles. The minimum Gasteiger partial charge on any atom is -0.414 e. The SMILES string of the molecule is CC(C)(C)[Si](C)(C)OC[C@H]1O[C@@H](n2cnc3c([C@H]4C[C@@H]4C(=O)N4CCOCC4)ncnc32)[C@H](O[Si](C)(C)C(C)(C)C)[C@@H]1O[Si](C)(C)C(C)(C)C. The second-order valence-electron chi connectivity index (χ2n) is 19.3. The summed E-state index contributed by atoms with van der Waals surface area (Å²) in [4.78, 5) is 29.7. The maximum Gasteiger partial charge on any atom is 0.226 e. The van der Waals surface area contributed by atoms with Crippen molar-refractivity contribution in [2.75, 3.05) is 32.9 Å². The van der Waals surface area contributed by atoms with Crippen LogP contribution in [0.5, 0.6) is 0 Å². The summed E-state index contributed by atoms with van der Waals surface area (Å²) in [5, 5.41) is 0.00538. The number of morpholine rings is 1. The van der Waals surface area contributed by atoms with Crippen LogP contribution in [0, 0.1) is 5.92 Å². The van der Waals surface area contributed by atoms with Crippen LogP contribution in [-0.2, 0) is 27.5 Å². The fourth-order valence-corrected chi connectivity index (χ4v) is 9.61. The number of fused-ring (bicyclic) bond motifs is 1. The van der Waals surface area contributed by atoms with Crippen molar-refractivity contribution in [3.05, 3.63) is 18.3 Å². The third-order valence-electron chi connectivity index (χ3n) is 12.6. The minimum atomic E-state index is -2.33. The number of nitrogens with zero attached hydrogens (tertiary/aromatic N) is 5. The zero-order chi connectivity index (χ0) is 37.2. The Labute approximate surface area is 303 Å². The van der Waals surface area contributed by atoms with Crippen molar-refractivity contribution in [1.29, 1.82) is 0 Å². The fraction of sp³-hybridized carbons (Fsp3) is 0.833. The molecule has 1 saturated carbocycles. The van der Waals surface area contributed by atoms with Crippen molar-refractivity contribution in [2.45, 2.75) is 154 Å². The van der Waals surface area contributed by atoms with Crippen molar-refractivity contribution < 1.29 is 27.5 Å². The topological polar surface area (TPSA) is 110 Å². The number of aromatic nitrogens is 4. The molecule has 11 nitrogen and oxygen atoms in total. The highest BCUT2D eigenvalue weighted by molar-refractivity contribution is 6.75. The van der Waals surface area contributed by atoms with E-state index in [9.17, 15) is 4.79 Å². The first-order chi connectivity index (χ1) is 22.9. The zero-order valence-corrected chi connectivity index (χ0v) is 36.5. The lowest BCUT2D eigenvalue weighted by atomic mass is 10.1. The zero-order valence-electron chi connectivity index (χ0n) is 33.5. The van der Waals surface area contributed by atoms with Gasteiger partial charge in [-0.25, -0.2) is 15.0 Å². The van der Waals surface area contributed by atoms with E-state index in [1.54, 1.807) is 6.33 Å². The molecule has 0 N–H and O–H groups in total. The predicted octanol–water partition coefficient (Wildman–Crippen LogP) is 7.49. The molecule has 0 radical (unpaired) electrons. The van der Waals surface area contributed by atoms with Gasteiger partial charge in [-0.1, -0.05) is 62.3 Å². The lowest BCUT2D eigenvalue weighted by molar-refractivity contribution is -0.136. The molecular weight excluding hydrogens is 683 g/mol. The number of amides is 1. The van der Waals surface area contributed by atoms with Gasteiger partial charge in [0.1, 0.15) is 30.2 Å². The van der Waals surface area contributed by atoms with E-state index in [-0.39, 0.29) is 45.1 Å². The quantitative estimate of drug-likeness (QED) is 0.229. The van der Waals surface area contributed by atoms with E-state index >= 15 is 0 Å². The summed E-state index contributed by atoms with van der Waals surface area (Å²) < 4.78 is 36.2. The Hall–Kier alpha value is -1.53. The summed E-state index contributed by atoms with van der Waals surface area (Å²) in [6.07, 6.45) is 2.53. The van der Waals surface area contributed by atoms with Crippen molar-refractivity contribution >= 4 is 42.0 Å². The van der Waals surface area contributed by atoms with Gasteiger partial charge in [-0.05, 0) is 60.8 Å². The molecule has 50 heavy (non-hydrogen) atoms. The number of imidazole rings is 1. The smallest absolute Gasteiger partial charge is 0.226 e. The van der Waals surface area contributed by atoms with Crippen LogP contribution in [0.1, 0.15) is 86.6 Å². The molecule has 3 aliphatic rings. The van der Waals surface area contributed by atoms with Gasteiger partial charge < -0.3 is 27.7 Å². The molecule has 1 amide bonds. The second-order valence-corrected chi connectivity index (χ2v) is 33.6. The lowest BCUT2D eigenvalue weighted by Gasteiger charge is -2.44. The van der Waals surface area contributed by atoms with Gasteiger partial charge in [0.2, 0.25) is 5.91 Å². The summed E-state index contributed by atoms with van der Waals surface area (Å²) in [7, 11) is -6.72. The molecule has 14 heteroatoms. The van der Waals surface area contributed by atoms with E-state index in [0.717, 1.165) is 12.1 Å². The average molecular weight is 748 g/mol. The van der Waals surface area contributed by atoms with Crippen LogP contribution >= 0.6 is 0 Å². The van der Waals surface area contributed by atoms with Gasteiger partial charge in [-0.15, -0.1) is 0 Å². The molecular formula is C36H65N5O6Si3. The van der Waals surface area contributed by atoms with Gasteiger partial charge in [-0.2, -0.15) is 0 Å². The molecule has 4 heterocycles. The van der Waals surface area contributed by atoms with E-state index in [2.05, 4.69) is 102 Å². The van der Waals surface area contributed by atoms with E-state index in [1.165, 1.54) is 0 Å². The number of rotatable bonds is 10. The monoisotopic (exact) mass is 747 g/mol. The Balaban J connectivity index is 1.54. The van der Waals surface area contributed by atoms with Crippen molar-refractivity contribution in [3.63, 3.8) is 0 Å². The van der Waals surface area contributed by atoms with Gasteiger partial charge in [0.05, 0.1) is 31.8 Å². The molecule has 0 bridgehead atoms. The molecule has 0 unspecified atom stereocenters. The first-order valence-electron chi connectivity index (χ1n) is 18.6. The van der Waals surface area contributed by atoms with Gasteiger partial charge in [-0.3, -0.25) is 9.36 Å². The van der Waals surface area contributed by atoms with E-state index < -0.39 is 37.3 Å². The number of hydrogen-bond acceptors (Lipinski definition) is 9. The molecule has 2 saturated heterocycles. The van der Waals surface area contributed by atoms with Crippen LogP contribution in [0.3, 0.4) is 0 Å². The Morgan fingerprint density at radius 2 is 1.38 bits per heavy atom. The number of ether oxygens (including phenoxy) is 2. The highest BCUT2D eigenvalue weighted by Crippen LogP contribution is 2.50. The van der Waals surface area contributed by atoms with Crippen molar-refractivity contribution in [2.24, 2.45) is 5.92 Å². The van der Waals surface area contributed by atoms with Crippen LogP contribution < -0.4 is 0 Å². The largest absolute Gasteiger partial charge is 0.414 e.